The van der Waals surface area contributed by atoms with Gasteiger partial charge < -0.3 is 10.1 Å². The van der Waals surface area contributed by atoms with E-state index >= 15 is 0 Å². The smallest absolute Gasteiger partial charge is 0.228 e. The molecule has 2 aromatic rings. The maximum absolute atomic E-state index is 12.3. The summed E-state index contributed by atoms with van der Waals surface area (Å²) in [7, 11) is 1.97. The van der Waals surface area contributed by atoms with Crippen LogP contribution < -0.4 is 10.1 Å². The van der Waals surface area contributed by atoms with Gasteiger partial charge in [0.05, 0.1) is 17.8 Å². The van der Waals surface area contributed by atoms with Gasteiger partial charge in [0.15, 0.2) is 0 Å². The molecule has 6 nitrogen and oxygen atoms in total. The molecule has 1 aromatic carbocycles. The van der Waals surface area contributed by atoms with Gasteiger partial charge in [-0.05, 0) is 18.2 Å². The van der Waals surface area contributed by atoms with E-state index in [1.165, 1.54) is 5.69 Å². The van der Waals surface area contributed by atoms with Crippen molar-refractivity contribution >= 4 is 11.6 Å². The first kappa shape index (κ1) is 15.2. The minimum Gasteiger partial charge on any atom is -0.484 e. The Balaban J connectivity index is 1.47. The number of nitrogens with one attached hydrogen (secondary N) is 1. The maximum Gasteiger partial charge on any atom is 0.228 e. The first-order chi connectivity index (χ1) is 11.6. The third kappa shape index (κ3) is 2.89. The maximum atomic E-state index is 12.3. The highest BCUT2D eigenvalue weighted by Crippen LogP contribution is 2.38. The Morgan fingerprint density at radius 1 is 1.25 bits per heavy atom. The number of anilines is 1. The normalized spacial score (nSPS) is 20.1. The molecule has 1 spiro atoms. The molecular weight excluding hydrogens is 304 g/mol. The Morgan fingerprint density at radius 2 is 2.04 bits per heavy atom. The number of hydrogen-bond donors (Lipinski definition) is 1. The van der Waals surface area contributed by atoms with Crippen LogP contribution >= 0.6 is 0 Å². The van der Waals surface area contributed by atoms with Crippen LogP contribution in [-0.2, 0) is 18.4 Å². The van der Waals surface area contributed by atoms with Crippen molar-refractivity contribution in [3.63, 3.8) is 0 Å². The molecule has 3 heterocycles. The number of carbonyl (C=O) groups is 1. The highest BCUT2D eigenvalue weighted by atomic mass is 16.5. The molecule has 126 valence electrons. The molecule has 0 radical (unpaired) electrons. The van der Waals surface area contributed by atoms with Crippen LogP contribution in [0.5, 0.6) is 5.75 Å². The van der Waals surface area contributed by atoms with Crippen LogP contribution in [0.4, 0.5) is 5.69 Å². The van der Waals surface area contributed by atoms with Gasteiger partial charge in [-0.2, -0.15) is 5.10 Å². The zero-order valence-corrected chi connectivity index (χ0v) is 13.9. The summed E-state index contributed by atoms with van der Waals surface area (Å²) in [4.78, 5) is 14.7. The summed E-state index contributed by atoms with van der Waals surface area (Å²) in [5, 5.41) is 7.19. The van der Waals surface area contributed by atoms with Gasteiger partial charge in [0, 0.05) is 45.7 Å². The molecule has 6 heteroatoms. The van der Waals surface area contributed by atoms with Crippen molar-refractivity contribution in [2.24, 2.45) is 7.05 Å². The van der Waals surface area contributed by atoms with E-state index in [1.54, 1.807) is 0 Å². The minimum absolute atomic E-state index is 0.0417. The van der Waals surface area contributed by atoms with Gasteiger partial charge in [0.2, 0.25) is 5.91 Å². The first-order valence-electron chi connectivity index (χ1n) is 8.41. The predicted octanol–water partition coefficient (Wildman–Crippen LogP) is 2.18. The summed E-state index contributed by atoms with van der Waals surface area (Å²) >= 11 is 0. The van der Waals surface area contributed by atoms with Crippen molar-refractivity contribution in [1.29, 1.82) is 0 Å². The van der Waals surface area contributed by atoms with E-state index < -0.39 is 0 Å². The third-order valence-electron chi connectivity index (χ3n) is 5.05. The quantitative estimate of drug-likeness (QED) is 0.919. The van der Waals surface area contributed by atoms with Crippen LogP contribution in [0.15, 0.2) is 36.5 Å². The number of benzene rings is 1. The van der Waals surface area contributed by atoms with Gasteiger partial charge in [-0.3, -0.25) is 14.4 Å². The van der Waals surface area contributed by atoms with Gasteiger partial charge in [-0.25, -0.2) is 0 Å². The Bertz CT molecular complexity index is 747. The number of carbonyl (C=O) groups excluding carboxylic acids is 1. The number of rotatable bonds is 2. The Hall–Kier alpha value is -2.34. The fourth-order valence-electron chi connectivity index (χ4n) is 3.60. The topological polar surface area (TPSA) is 59.4 Å². The van der Waals surface area contributed by atoms with Crippen LogP contribution in [0.2, 0.25) is 0 Å². The van der Waals surface area contributed by atoms with Gasteiger partial charge in [0.1, 0.15) is 11.4 Å². The van der Waals surface area contributed by atoms with Crippen LogP contribution in [-0.4, -0.2) is 39.3 Å². The number of ether oxygens (including phenoxy) is 1. The molecule has 1 N–H and O–H groups in total. The molecule has 1 fully saturated rings. The van der Waals surface area contributed by atoms with E-state index in [2.05, 4.69) is 21.4 Å². The van der Waals surface area contributed by atoms with E-state index in [4.69, 9.17) is 4.74 Å². The zero-order valence-electron chi connectivity index (χ0n) is 13.9. The number of piperidine rings is 1. The van der Waals surface area contributed by atoms with E-state index in [0.717, 1.165) is 43.9 Å². The molecule has 0 saturated carbocycles. The average molecular weight is 326 g/mol. The van der Waals surface area contributed by atoms with E-state index in [9.17, 15) is 4.79 Å². The van der Waals surface area contributed by atoms with Crippen molar-refractivity contribution in [2.75, 3.05) is 18.4 Å². The molecule has 0 atom stereocenters. The standard InChI is InChI=1S/C18H22N4O2/c1-21-14(6-9-19-21)13-22-10-7-18(8-11-22)12-17(23)20-15-4-2-3-5-16(15)24-18/h2-6,9H,7-8,10-13H2,1H3,(H,20,23). The number of amides is 1. The van der Waals surface area contributed by atoms with Crippen molar-refractivity contribution in [3.8, 4) is 5.75 Å². The lowest BCUT2D eigenvalue weighted by Gasteiger charge is -2.40. The van der Waals surface area contributed by atoms with Crippen molar-refractivity contribution in [3.05, 3.63) is 42.2 Å². The molecule has 2 aliphatic rings. The summed E-state index contributed by atoms with van der Waals surface area (Å²) < 4.78 is 8.25. The number of para-hydroxylation sites is 2. The monoisotopic (exact) mass is 326 g/mol. The lowest BCUT2D eigenvalue weighted by molar-refractivity contribution is -0.121. The first-order valence-corrected chi connectivity index (χ1v) is 8.41. The lowest BCUT2D eigenvalue weighted by atomic mass is 9.87. The molecule has 0 bridgehead atoms. The fraction of sp³-hybridized carbons (Fsp3) is 0.444. The number of aryl methyl sites for hydroxylation is 1. The predicted molar refractivity (Wildman–Crippen MR) is 90.8 cm³/mol. The number of aromatic nitrogens is 2. The Kier molecular flexibility index (Phi) is 3.76. The second kappa shape index (κ2) is 5.94. The van der Waals surface area contributed by atoms with Gasteiger partial charge in [-0.1, -0.05) is 12.1 Å². The molecule has 4 rings (SSSR count). The van der Waals surface area contributed by atoms with Crippen molar-refractivity contribution in [1.82, 2.24) is 14.7 Å². The highest BCUT2D eigenvalue weighted by molar-refractivity contribution is 5.93. The van der Waals surface area contributed by atoms with Crippen molar-refractivity contribution < 1.29 is 9.53 Å². The van der Waals surface area contributed by atoms with Crippen LogP contribution in [0.1, 0.15) is 25.0 Å². The van der Waals surface area contributed by atoms with Crippen LogP contribution in [0.25, 0.3) is 0 Å². The number of nitrogens with zero attached hydrogens (tertiary/aromatic N) is 3. The lowest BCUT2D eigenvalue weighted by Crippen LogP contribution is -2.48. The second-order valence-corrected chi connectivity index (χ2v) is 6.73. The summed E-state index contributed by atoms with van der Waals surface area (Å²) in [5.41, 5.74) is 1.59. The SMILES string of the molecule is Cn1nccc1CN1CCC2(CC1)CC(=O)Nc1ccccc1O2. The molecule has 1 saturated heterocycles. The number of fused-ring (bicyclic) bond motifs is 1. The largest absolute Gasteiger partial charge is 0.484 e. The van der Waals surface area contributed by atoms with Gasteiger partial charge in [0.25, 0.3) is 0 Å². The fourth-order valence-corrected chi connectivity index (χ4v) is 3.60. The Labute approximate surface area is 141 Å². The Morgan fingerprint density at radius 3 is 2.79 bits per heavy atom. The molecule has 0 unspecified atom stereocenters. The zero-order chi connectivity index (χ0) is 16.6. The minimum atomic E-state index is -0.389. The molecular formula is C18H22N4O2. The van der Waals surface area contributed by atoms with E-state index in [0.29, 0.717) is 6.42 Å². The van der Waals surface area contributed by atoms with Gasteiger partial charge >= 0.3 is 0 Å². The average Bonchev–Trinajstić information content (AvgIpc) is 2.90. The van der Waals surface area contributed by atoms with Crippen LogP contribution in [0, 0.1) is 0 Å². The summed E-state index contributed by atoms with van der Waals surface area (Å²) in [6.07, 6.45) is 3.96. The molecule has 2 aliphatic heterocycles. The summed E-state index contributed by atoms with van der Waals surface area (Å²) in [6.45, 7) is 2.72. The second-order valence-electron chi connectivity index (χ2n) is 6.73. The molecule has 1 amide bonds. The number of hydrogen-bond acceptors (Lipinski definition) is 4. The van der Waals surface area contributed by atoms with Crippen LogP contribution in [0.3, 0.4) is 0 Å². The van der Waals surface area contributed by atoms with Gasteiger partial charge in [-0.15, -0.1) is 0 Å². The highest BCUT2D eigenvalue weighted by Gasteiger charge is 2.41. The number of likely N-dealkylation sites (tertiary alicyclic amines) is 1. The molecule has 24 heavy (non-hydrogen) atoms. The summed E-state index contributed by atoms with van der Waals surface area (Å²) in [5.74, 6) is 0.823. The third-order valence-corrected chi connectivity index (χ3v) is 5.05. The van der Waals surface area contributed by atoms with Crippen molar-refractivity contribution in [2.45, 2.75) is 31.4 Å². The molecule has 1 aromatic heterocycles. The molecule has 0 aliphatic carbocycles. The summed E-state index contributed by atoms with van der Waals surface area (Å²) in [6, 6.07) is 9.74. The van der Waals surface area contributed by atoms with E-state index in [1.807, 2.05) is 42.2 Å². The van der Waals surface area contributed by atoms with E-state index in [-0.39, 0.29) is 11.5 Å².